The minimum atomic E-state index is -3.26. The Morgan fingerprint density at radius 2 is 2.08 bits per heavy atom. The number of nitriles is 1. The van der Waals surface area contributed by atoms with E-state index < -0.39 is 33.5 Å². The van der Waals surface area contributed by atoms with Crippen LogP contribution in [0.15, 0.2) is 30.5 Å². The summed E-state index contributed by atoms with van der Waals surface area (Å²) in [5.41, 5.74) is 5.99. The predicted octanol–water partition coefficient (Wildman–Crippen LogP) is 1.36. The lowest BCUT2D eigenvalue weighted by Crippen LogP contribution is -2.34. The number of nitrogens with two attached hydrogens (primary N) is 1. The summed E-state index contributed by atoms with van der Waals surface area (Å²) in [7, 11) is -3.26. The zero-order valence-corrected chi connectivity index (χ0v) is 14.4. The Balaban J connectivity index is 1.93. The highest BCUT2D eigenvalue weighted by Gasteiger charge is 2.35. The lowest BCUT2D eigenvalue weighted by atomic mass is 10.0. The van der Waals surface area contributed by atoms with Crippen molar-refractivity contribution in [2.75, 3.05) is 16.8 Å². The van der Waals surface area contributed by atoms with Gasteiger partial charge >= 0.3 is 0 Å². The fourth-order valence-electron chi connectivity index (χ4n) is 2.91. The Kier molecular flexibility index (Phi) is 4.65. The van der Waals surface area contributed by atoms with E-state index in [1.54, 1.807) is 0 Å². The third-order valence-electron chi connectivity index (χ3n) is 4.23. The average molecular weight is 377 g/mol. The zero-order chi connectivity index (χ0) is 18.9. The normalized spacial score (nSPS) is 21.7. The van der Waals surface area contributed by atoms with Crippen molar-refractivity contribution >= 4 is 27.2 Å². The predicted molar refractivity (Wildman–Crippen MR) is 91.8 cm³/mol. The van der Waals surface area contributed by atoms with Crippen molar-refractivity contribution in [3.05, 3.63) is 41.8 Å². The zero-order valence-electron chi connectivity index (χ0n) is 13.6. The Bertz CT molecular complexity index is 978. The number of anilines is 2. The van der Waals surface area contributed by atoms with Gasteiger partial charge in [0.1, 0.15) is 11.4 Å². The van der Waals surface area contributed by atoms with Crippen molar-refractivity contribution in [1.29, 1.82) is 5.26 Å². The molecule has 1 aliphatic heterocycles. The minimum Gasteiger partial charge on any atom is -0.365 e. The molecule has 0 aliphatic carbocycles. The Hall–Kier alpha value is -2.93. The molecule has 1 unspecified atom stereocenters. The van der Waals surface area contributed by atoms with Crippen LogP contribution in [0.25, 0.3) is 0 Å². The van der Waals surface area contributed by atoms with E-state index >= 15 is 0 Å². The van der Waals surface area contributed by atoms with Crippen molar-refractivity contribution in [1.82, 2.24) is 9.78 Å². The van der Waals surface area contributed by atoms with Gasteiger partial charge < -0.3 is 11.1 Å². The van der Waals surface area contributed by atoms with E-state index in [-0.39, 0.29) is 29.3 Å². The monoisotopic (exact) mass is 377 g/mol. The maximum Gasteiger partial charge on any atom is 0.254 e. The second-order valence-electron chi connectivity index (χ2n) is 6.07. The molecule has 3 rings (SSSR count). The van der Waals surface area contributed by atoms with Gasteiger partial charge in [-0.1, -0.05) is 0 Å². The van der Waals surface area contributed by atoms with Crippen LogP contribution >= 0.6 is 0 Å². The highest BCUT2D eigenvalue weighted by Crippen LogP contribution is 2.31. The van der Waals surface area contributed by atoms with E-state index in [1.165, 1.54) is 35.1 Å². The maximum atomic E-state index is 13.0. The Morgan fingerprint density at radius 3 is 2.69 bits per heavy atom. The first-order valence-electron chi connectivity index (χ1n) is 7.80. The molecule has 0 saturated carbocycles. The van der Waals surface area contributed by atoms with Gasteiger partial charge in [0, 0.05) is 11.9 Å². The summed E-state index contributed by atoms with van der Waals surface area (Å²) >= 11 is 0. The first kappa shape index (κ1) is 17.9. The summed E-state index contributed by atoms with van der Waals surface area (Å²) in [4.78, 5) is 11.7. The standard InChI is InChI=1S/C16H16FN5O3S/c17-11-1-3-12(4-2-11)20-16-13(15(19)23)8-22(21-16)14-5-6-26(24,25)9-10(14)7-18/h1-4,8,10,14H,5-6,9H2,(H2,19,23)(H,20,21)/t10-,14?/m0/s1. The van der Waals surface area contributed by atoms with Gasteiger partial charge in [-0.2, -0.15) is 10.4 Å². The molecule has 3 N–H and O–H groups in total. The molecular weight excluding hydrogens is 361 g/mol. The topological polar surface area (TPSA) is 131 Å². The first-order valence-corrected chi connectivity index (χ1v) is 9.63. The summed E-state index contributed by atoms with van der Waals surface area (Å²) in [6.45, 7) is 0. The van der Waals surface area contributed by atoms with Gasteiger partial charge in [0.2, 0.25) is 0 Å². The quantitative estimate of drug-likeness (QED) is 0.827. The highest BCUT2D eigenvalue weighted by molar-refractivity contribution is 7.91. The number of hydrogen-bond donors (Lipinski definition) is 2. The molecule has 1 aliphatic rings. The molecule has 2 aromatic rings. The Labute approximate surface area is 149 Å². The second-order valence-corrected chi connectivity index (χ2v) is 8.30. The van der Waals surface area contributed by atoms with E-state index in [0.29, 0.717) is 5.69 Å². The van der Waals surface area contributed by atoms with E-state index in [9.17, 15) is 22.9 Å². The van der Waals surface area contributed by atoms with Crippen LogP contribution in [-0.2, 0) is 9.84 Å². The number of benzene rings is 1. The number of rotatable bonds is 4. The highest BCUT2D eigenvalue weighted by atomic mass is 32.2. The largest absolute Gasteiger partial charge is 0.365 e. The maximum absolute atomic E-state index is 13.0. The average Bonchev–Trinajstić information content (AvgIpc) is 3.00. The molecule has 1 amide bonds. The van der Waals surface area contributed by atoms with E-state index in [0.717, 1.165) is 0 Å². The van der Waals surface area contributed by atoms with Crippen LogP contribution in [0, 0.1) is 23.1 Å². The molecule has 0 radical (unpaired) electrons. The molecule has 1 aromatic heterocycles. The molecule has 26 heavy (non-hydrogen) atoms. The van der Waals surface area contributed by atoms with E-state index in [4.69, 9.17) is 5.73 Å². The van der Waals surface area contributed by atoms with Gasteiger partial charge in [0.25, 0.3) is 5.91 Å². The fraction of sp³-hybridized carbons (Fsp3) is 0.312. The van der Waals surface area contributed by atoms with Crippen molar-refractivity contribution < 1.29 is 17.6 Å². The molecule has 136 valence electrons. The number of carbonyl (C=O) groups is 1. The van der Waals surface area contributed by atoms with Gasteiger partial charge in [-0.25, -0.2) is 12.8 Å². The molecule has 2 atom stereocenters. The summed E-state index contributed by atoms with van der Waals surface area (Å²) in [6, 6.07) is 6.98. The van der Waals surface area contributed by atoms with E-state index in [2.05, 4.69) is 10.4 Å². The number of hydrogen-bond acceptors (Lipinski definition) is 6. The van der Waals surface area contributed by atoms with Crippen LogP contribution in [-0.4, -0.2) is 35.6 Å². The molecule has 1 aromatic carbocycles. The number of sulfone groups is 1. The smallest absolute Gasteiger partial charge is 0.254 e. The Morgan fingerprint density at radius 1 is 1.38 bits per heavy atom. The molecule has 1 saturated heterocycles. The molecule has 0 spiro atoms. The lowest BCUT2D eigenvalue weighted by Gasteiger charge is -2.26. The molecular formula is C16H16FN5O3S. The SMILES string of the molecule is N#C[C@H]1CS(=O)(=O)CCC1n1cc(C(N)=O)c(Nc2ccc(F)cc2)n1. The van der Waals surface area contributed by atoms with Crippen molar-refractivity contribution in [3.63, 3.8) is 0 Å². The van der Waals surface area contributed by atoms with Crippen LogP contribution in [0.2, 0.25) is 0 Å². The summed E-state index contributed by atoms with van der Waals surface area (Å²) in [5.74, 6) is -2.04. The first-order chi connectivity index (χ1) is 12.3. The number of halogens is 1. The van der Waals surface area contributed by atoms with Gasteiger partial charge in [-0.3, -0.25) is 9.48 Å². The van der Waals surface area contributed by atoms with Crippen LogP contribution in [0.3, 0.4) is 0 Å². The molecule has 2 heterocycles. The van der Waals surface area contributed by atoms with Crippen LogP contribution in [0.1, 0.15) is 22.8 Å². The van der Waals surface area contributed by atoms with Gasteiger partial charge in [-0.05, 0) is 30.7 Å². The second kappa shape index (κ2) is 6.76. The van der Waals surface area contributed by atoms with Gasteiger partial charge in [-0.15, -0.1) is 0 Å². The van der Waals surface area contributed by atoms with Crippen molar-refractivity contribution in [2.24, 2.45) is 11.7 Å². The van der Waals surface area contributed by atoms with Crippen LogP contribution in [0.4, 0.5) is 15.9 Å². The molecule has 0 bridgehead atoms. The number of nitrogens with zero attached hydrogens (tertiary/aromatic N) is 3. The minimum absolute atomic E-state index is 0.0532. The molecule has 1 fully saturated rings. The number of aromatic nitrogens is 2. The van der Waals surface area contributed by atoms with Crippen LogP contribution < -0.4 is 11.1 Å². The van der Waals surface area contributed by atoms with Crippen molar-refractivity contribution in [3.8, 4) is 6.07 Å². The van der Waals surface area contributed by atoms with Gasteiger partial charge in [0.15, 0.2) is 15.7 Å². The van der Waals surface area contributed by atoms with Crippen LogP contribution in [0.5, 0.6) is 0 Å². The fourth-order valence-corrected chi connectivity index (χ4v) is 4.52. The van der Waals surface area contributed by atoms with E-state index in [1.807, 2.05) is 6.07 Å². The van der Waals surface area contributed by atoms with Crippen molar-refractivity contribution in [2.45, 2.75) is 12.5 Å². The number of nitrogens with one attached hydrogen (secondary N) is 1. The number of amides is 1. The summed E-state index contributed by atoms with van der Waals surface area (Å²) in [5, 5.41) is 16.5. The molecule has 10 heteroatoms. The lowest BCUT2D eigenvalue weighted by molar-refractivity contribution is 0.100. The third-order valence-corrected chi connectivity index (χ3v) is 5.96. The summed E-state index contributed by atoms with van der Waals surface area (Å²) < 4.78 is 37.9. The number of primary amides is 1. The third kappa shape index (κ3) is 3.67. The molecule has 8 nitrogen and oxygen atoms in total. The summed E-state index contributed by atoms with van der Waals surface area (Å²) in [6.07, 6.45) is 1.62. The number of carbonyl (C=O) groups excluding carboxylic acids is 1. The van der Waals surface area contributed by atoms with Gasteiger partial charge in [0.05, 0.1) is 29.5 Å².